The molecule has 1 fully saturated rings. The van der Waals surface area contributed by atoms with Gasteiger partial charge in [0.15, 0.2) is 0 Å². The molecule has 0 spiro atoms. The molecule has 0 aliphatic heterocycles. The maximum atomic E-state index is 10.2. The first-order chi connectivity index (χ1) is 6.69. The van der Waals surface area contributed by atoms with E-state index in [0.717, 1.165) is 24.0 Å². The normalized spacial score (nSPS) is 20.5. The van der Waals surface area contributed by atoms with E-state index in [4.69, 9.17) is 5.73 Å². The van der Waals surface area contributed by atoms with E-state index in [9.17, 15) is 5.11 Å². The van der Waals surface area contributed by atoms with Crippen molar-refractivity contribution in [3.63, 3.8) is 0 Å². The fourth-order valence-corrected chi connectivity index (χ4v) is 1.84. The highest BCUT2D eigenvalue weighted by Gasteiger charge is 2.48. The van der Waals surface area contributed by atoms with Crippen molar-refractivity contribution < 1.29 is 5.11 Å². The lowest BCUT2D eigenvalue weighted by Crippen LogP contribution is -2.24. The van der Waals surface area contributed by atoms with Crippen molar-refractivity contribution in [2.75, 3.05) is 6.54 Å². The monoisotopic (exact) mass is 192 g/mol. The Labute approximate surface area is 84.0 Å². The van der Waals surface area contributed by atoms with E-state index in [-0.39, 0.29) is 5.41 Å². The lowest BCUT2D eigenvalue weighted by Gasteiger charge is -2.21. The van der Waals surface area contributed by atoms with Crippen LogP contribution in [-0.2, 0) is 0 Å². The lowest BCUT2D eigenvalue weighted by atomic mass is 9.91. The highest BCUT2D eigenvalue weighted by atomic mass is 16.3. The zero-order valence-electron chi connectivity index (χ0n) is 8.40. The number of pyridine rings is 1. The minimum atomic E-state index is -0.443. The number of nitrogens with two attached hydrogens (primary N) is 1. The summed E-state index contributed by atoms with van der Waals surface area (Å²) in [5, 5.41) is 10.2. The molecule has 0 bridgehead atoms. The molecule has 0 aromatic carbocycles. The van der Waals surface area contributed by atoms with Crippen LogP contribution >= 0.6 is 0 Å². The van der Waals surface area contributed by atoms with Gasteiger partial charge in [-0.25, -0.2) is 0 Å². The number of rotatable bonds is 3. The Morgan fingerprint density at radius 1 is 1.64 bits per heavy atom. The van der Waals surface area contributed by atoms with E-state index < -0.39 is 6.10 Å². The molecule has 0 amide bonds. The molecule has 3 heteroatoms. The predicted octanol–water partition coefficient (Wildman–Crippen LogP) is 1.16. The third-order valence-electron chi connectivity index (χ3n) is 3.25. The van der Waals surface area contributed by atoms with Gasteiger partial charge >= 0.3 is 0 Å². The van der Waals surface area contributed by atoms with Crippen molar-refractivity contribution in [3.05, 3.63) is 29.6 Å². The molecule has 1 saturated carbocycles. The first kappa shape index (κ1) is 9.62. The lowest BCUT2D eigenvalue weighted by molar-refractivity contribution is 0.0966. The van der Waals surface area contributed by atoms with Crippen LogP contribution in [-0.4, -0.2) is 16.6 Å². The zero-order valence-corrected chi connectivity index (χ0v) is 8.40. The minimum absolute atomic E-state index is 0.0617. The second-order valence-corrected chi connectivity index (χ2v) is 4.20. The highest BCUT2D eigenvalue weighted by Crippen LogP contribution is 2.54. The Morgan fingerprint density at radius 3 is 2.86 bits per heavy atom. The van der Waals surface area contributed by atoms with E-state index >= 15 is 0 Å². The van der Waals surface area contributed by atoms with Crippen LogP contribution in [0.4, 0.5) is 0 Å². The van der Waals surface area contributed by atoms with Crippen LogP contribution in [0.15, 0.2) is 18.5 Å². The molecule has 1 heterocycles. The van der Waals surface area contributed by atoms with Gasteiger partial charge in [0.1, 0.15) is 0 Å². The summed E-state index contributed by atoms with van der Waals surface area (Å²) < 4.78 is 0. The molecule has 76 valence electrons. The largest absolute Gasteiger partial charge is 0.388 e. The van der Waals surface area contributed by atoms with Crippen LogP contribution in [0, 0.1) is 12.3 Å². The number of aliphatic hydroxyl groups is 1. The molecule has 1 aliphatic carbocycles. The number of aliphatic hydroxyl groups excluding tert-OH is 1. The van der Waals surface area contributed by atoms with Crippen molar-refractivity contribution in [1.82, 2.24) is 4.98 Å². The van der Waals surface area contributed by atoms with Crippen LogP contribution in [0.2, 0.25) is 0 Å². The van der Waals surface area contributed by atoms with E-state index in [1.54, 1.807) is 12.4 Å². The van der Waals surface area contributed by atoms with Gasteiger partial charge in [0.25, 0.3) is 0 Å². The third kappa shape index (κ3) is 1.42. The Morgan fingerprint density at radius 2 is 2.36 bits per heavy atom. The Kier molecular flexibility index (Phi) is 2.29. The minimum Gasteiger partial charge on any atom is -0.388 e. The summed E-state index contributed by atoms with van der Waals surface area (Å²) in [4.78, 5) is 4.04. The van der Waals surface area contributed by atoms with Crippen molar-refractivity contribution in [2.24, 2.45) is 11.1 Å². The molecule has 1 aliphatic rings. The average Bonchev–Trinajstić information content (AvgIpc) is 2.98. The third-order valence-corrected chi connectivity index (χ3v) is 3.25. The second-order valence-electron chi connectivity index (χ2n) is 4.20. The molecule has 14 heavy (non-hydrogen) atoms. The van der Waals surface area contributed by atoms with E-state index in [0.29, 0.717) is 6.54 Å². The summed E-state index contributed by atoms with van der Waals surface area (Å²) in [6.45, 7) is 2.55. The SMILES string of the molecule is Cc1ccncc1C(O)C1(CN)CC1. The summed E-state index contributed by atoms with van der Waals surface area (Å²) in [7, 11) is 0. The first-order valence-electron chi connectivity index (χ1n) is 4.98. The van der Waals surface area contributed by atoms with Gasteiger partial charge in [-0.3, -0.25) is 4.98 Å². The Hall–Kier alpha value is -0.930. The van der Waals surface area contributed by atoms with Crippen molar-refractivity contribution in [3.8, 4) is 0 Å². The number of hydrogen-bond acceptors (Lipinski definition) is 3. The highest BCUT2D eigenvalue weighted by molar-refractivity contribution is 5.27. The molecule has 1 atom stereocenters. The van der Waals surface area contributed by atoms with Crippen LogP contribution in [0.1, 0.15) is 30.1 Å². The van der Waals surface area contributed by atoms with E-state index in [2.05, 4.69) is 4.98 Å². The summed E-state index contributed by atoms with van der Waals surface area (Å²) in [5.41, 5.74) is 7.63. The molecule has 0 radical (unpaired) electrons. The van der Waals surface area contributed by atoms with Crippen LogP contribution in [0.5, 0.6) is 0 Å². The van der Waals surface area contributed by atoms with Gasteiger partial charge in [-0.1, -0.05) is 0 Å². The molecular weight excluding hydrogens is 176 g/mol. The Balaban J connectivity index is 2.27. The van der Waals surface area contributed by atoms with Crippen molar-refractivity contribution in [1.29, 1.82) is 0 Å². The van der Waals surface area contributed by atoms with Gasteiger partial charge in [0.2, 0.25) is 0 Å². The molecule has 1 aromatic rings. The number of aryl methyl sites for hydroxylation is 1. The maximum Gasteiger partial charge on any atom is 0.0875 e. The molecular formula is C11H16N2O. The summed E-state index contributed by atoms with van der Waals surface area (Å²) in [5.74, 6) is 0. The van der Waals surface area contributed by atoms with Crippen LogP contribution in [0.3, 0.4) is 0 Å². The second kappa shape index (κ2) is 3.33. The van der Waals surface area contributed by atoms with Gasteiger partial charge in [0, 0.05) is 29.9 Å². The van der Waals surface area contributed by atoms with E-state index in [1.807, 2.05) is 13.0 Å². The van der Waals surface area contributed by atoms with Crippen LogP contribution < -0.4 is 5.73 Å². The molecule has 3 nitrogen and oxygen atoms in total. The first-order valence-corrected chi connectivity index (χ1v) is 4.98. The number of hydrogen-bond donors (Lipinski definition) is 2. The molecule has 3 N–H and O–H groups in total. The smallest absolute Gasteiger partial charge is 0.0875 e. The quantitative estimate of drug-likeness (QED) is 0.755. The Bertz CT molecular complexity index is 334. The van der Waals surface area contributed by atoms with Gasteiger partial charge in [-0.05, 0) is 31.4 Å². The molecule has 1 aromatic heterocycles. The number of nitrogens with zero attached hydrogens (tertiary/aromatic N) is 1. The summed E-state index contributed by atoms with van der Waals surface area (Å²) in [6.07, 6.45) is 5.10. The van der Waals surface area contributed by atoms with E-state index in [1.165, 1.54) is 0 Å². The summed E-state index contributed by atoms with van der Waals surface area (Å²) >= 11 is 0. The molecule has 1 unspecified atom stereocenters. The van der Waals surface area contributed by atoms with Gasteiger partial charge in [0.05, 0.1) is 6.10 Å². The topological polar surface area (TPSA) is 59.1 Å². The van der Waals surface area contributed by atoms with Gasteiger partial charge in [-0.15, -0.1) is 0 Å². The van der Waals surface area contributed by atoms with Gasteiger partial charge in [-0.2, -0.15) is 0 Å². The number of aromatic nitrogens is 1. The standard InChI is InChI=1S/C11H16N2O/c1-8-2-5-13-6-9(8)10(14)11(7-12)3-4-11/h2,5-6,10,14H,3-4,7,12H2,1H3. The van der Waals surface area contributed by atoms with Crippen molar-refractivity contribution >= 4 is 0 Å². The average molecular weight is 192 g/mol. The fourth-order valence-electron chi connectivity index (χ4n) is 1.84. The molecule has 0 saturated heterocycles. The van der Waals surface area contributed by atoms with Crippen LogP contribution in [0.25, 0.3) is 0 Å². The fraction of sp³-hybridized carbons (Fsp3) is 0.545. The van der Waals surface area contributed by atoms with Crippen molar-refractivity contribution in [2.45, 2.75) is 25.9 Å². The predicted molar refractivity (Wildman–Crippen MR) is 54.7 cm³/mol. The maximum absolute atomic E-state index is 10.2. The van der Waals surface area contributed by atoms with Gasteiger partial charge < -0.3 is 10.8 Å². The molecule has 2 rings (SSSR count). The summed E-state index contributed by atoms with van der Waals surface area (Å²) in [6, 6.07) is 1.92. The zero-order chi connectivity index (χ0) is 10.2.